The number of halogens is 2. The highest BCUT2D eigenvalue weighted by molar-refractivity contribution is 8.00. The van der Waals surface area contributed by atoms with E-state index in [9.17, 15) is 38.2 Å². The van der Waals surface area contributed by atoms with Crippen molar-refractivity contribution in [2.24, 2.45) is 0 Å². The van der Waals surface area contributed by atoms with Gasteiger partial charge in [0, 0.05) is 11.4 Å². The Bertz CT molecular complexity index is 1780. The van der Waals surface area contributed by atoms with Gasteiger partial charge < -0.3 is 30.5 Å². The Balaban J connectivity index is 1.14. The van der Waals surface area contributed by atoms with E-state index >= 15 is 0 Å². The zero-order chi connectivity index (χ0) is 35.6. The quantitative estimate of drug-likeness (QED) is 0.124. The van der Waals surface area contributed by atoms with Gasteiger partial charge >= 0.3 is 5.97 Å². The lowest BCUT2D eigenvalue weighted by Crippen LogP contribution is -2.57. The number of aliphatic hydroxyl groups is 1. The van der Waals surface area contributed by atoms with E-state index < -0.39 is 66.0 Å². The van der Waals surface area contributed by atoms with Crippen molar-refractivity contribution < 1.29 is 42.9 Å². The van der Waals surface area contributed by atoms with E-state index in [2.05, 4.69) is 10.6 Å². The van der Waals surface area contributed by atoms with Crippen molar-refractivity contribution in [2.75, 3.05) is 23.8 Å². The number of amides is 3. The van der Waals surface area contributed by atoms with E-state index in [-0.39, 0.29) is 18.1 Å². The first-order valence-electron chi connectivity index (χ1n) is 15.8. The van der Waals surface area contributed by atoms with Crippen LogP contribution in [0.2, 0.25) is 0 Å². The molecule has 13 heteroatoms. The van der Waals surface area contributed by atoms with Gasteiger partial charge in [-0.05, 0) is 78.1 Å². The third kappa shape index (κ3) is 9.45. The number of carbonyl (C=O) groups is 4. The van der Waals surface area contributed by atoms with Crippen molar-refractivity contribution >= 4 is 41.1 Å². The van der Waals surface area contributed by atoms with Crippen molar-refractivity contribution in [2.45, 2.75) is 36.3 Å². The number of thioether (sulfide) groups is 1. The van der Waals surface area contributed by atoms with Crippen molar-refractivity contribution in [1.82, 2.24) is 10.6 Å². The van der Waals surface area contributed by atoms with Gasteiger partial charge in [-0.1, -0.05) is 54.6 Å². The number of carboxylic acid groups (broad SMARTS) is 1. The maximum atomic E-state index is 13.6. The summed E-state index contributed by atoms with van der Waals surface area (Å²) in [5, 5.41) is 24.4. The Kier molecular flexibility index (Phi) is 12.2. The Labute approximate surface area is 291 Å². The fourth-order valence-electron chi connectivity index (χ4n) is 5.41. The van der Waals surface area contributed by atoms with Crippen LogP contribution in [0.4, 0.5) is 14.5 Å². The highest BCUT2D eigenvalue weighted by Crippen LogP contribution is 2.46. The molecule has 4 aromatic rings. The molecule has 0 aromatic heterocycles. The summed E-state index contributed by atoms with van der Waals surface area (Å²) in [6.07, 6.45) is -0.287. The van der Waals surface area contributed by atoms with Crippen molar-refractivity contribution in [3.05, 3.63) is 131 Å². The summed E-state index contributed by atoms with van der Waals surface area (Å²) in [4.78, 5) is 51.2. The van der Waals surface area contributed by atoms with Gasteiger partial charge in [0.1, 0.15) is 28.7 Å². The van der Waals surface area contributed by atoms with Crippen molar-refractivity contribution in [3.8, 4) is 5.75 Å². The summed E-state index contributed by atoms with van der Waals surface area (Å²) in [5.74, 6) is -2.98. The van der Waals surface area contributed by atoms with Crippen LogP contribution in [0, 0.1) is 11.6 Å². The Hall–Kier alpha value is -5.27. The van der Waals surface area contributed by atoms with Crippen LogP contribution < -0.4 is 20.3 Å². The lowest BCUT2D eigenvalue weighted by Gasteiger charge is -2.47. The van der Waals surface area contributed by atoms with Crippen LogP contribution in [0.25, 0.3) is 0 Å². The summed E-state index contributed by atoms with van der Waals surface area (Å²) >= 11 is 1.26. The van der Waals surface area contributed by atoms with E-state index in [0.717, 1.165) is 11.1 Å². The maximum Gasteiger partial charge on any atom is 0.326 e. The second-order valence-corrected chi connectivity index (χ2v) is 12.7. The lowest BCUT2D eigenvalue weighted by atomic mass is 9.92. The highest BCUT2D eigenvalue weighted by Gasteiger charge is 2.49. The molecule has 0 radical (unpaired) electrons. The Morgan fingerprint density at radius 3 is 2.14 bits per heavy atom. The SMILES string of the molecule is O=C(COc1ccc([C@@H]2[C@@H](SCC(O)c3ccc(F)cc3)C(=O)N2c2ccc(F)cc2)cc1)NCC(=O)N[C@H](CCc1ccccc1)C(=O)O. The molecule has 50 heavy (non-hydrogen) atoms. The first-order valence-corrected chi connectivity index (χ1v) is 16.8. The van der Waals surface area contributed by atoms with Gasteiger partial charge in [0.05, 0.1) is 18.7 Å². The summed E-state index contributed by atoms with van der Waals surface area (Å²) in [7, 11) is 0. The van der Waals surface area contributed by atoms with Crippen LogP contribution in [0.5, 0.6) is 5.75 Å². The van der Waals surface area contributed by atoms with E-state index in [1.165, 1.54) is 60.3 Å². The van der Waals surface area contributed by atoms with Gasteiger partial charge in [-0.2, -0.15) is 0 Å². The smallest absolute Gasteiger partial charge is 0.326 e. The minimum absolute atomic E-state index is 0.175. The number of aliphatic hydroxyl groups excluding tert-OH is 1. The first-order chi connectivity index (χ1) is 24.1. The molecule has 1 aliphatic heterocycles. The minimum Gasteiger partial charge on any atom is -0.484 e. The fourth-order valence-corrected chi connectivity index (χ4v) is 6.71. The van der Waals surface area contributed by atoms with Gasteiger partial charge in [0.2, 0.25) is 11.8 Å². The topological polar surface area (TPSA) is 145 Å². The van der Waals surface area contributed by atoms with Crippen LogP contribution in [-0.4, -0.2) is 64.1 Å². The monoisotopic (exact) mass is 703 g/mol. The fraction of sp³-hybridized carbons (Fsp3) is 0.243. The number of carbonyl (C=O) groups excluding carboxylic acids is 3. The predicted octanol–water partition coefficient (Wildman–Crippen LogP) is 4.59. The number of rotatable bonds is 16. The molecular formula is C37H35F2N3O7S. The molecule has 1 heterocycles. The third-order valence-electron chi connectivity index (χ3n) is 8.07. The molecule has 1 fully saturated rings. The van der Waals surface area contributed by atoms with Crippen LogP contribution in [0.3, 0.4) is 0 Å². The molecule has 1 saturated heterocycles. The second-order valence-electron chi connectivity index (χ2n) is 11.6. The average molecular weight is 704 g/mol. The van der Waals surface area contributed by atoms with Crippen LogP contribution >= 0.6 is 11.8 Å². The number of β-lactam (4-membered cyclic amide) rings is 1. The largest absolute Gasteiger partial charge is 0.484 e. The van der Waals surface area contributed by atoms with Crippen LogP contribution in [0.1, 0.15) is 35.3 Å². The standard InChI is InChI=1S/C37H35F2N3O7S/c38-26-11-7-24(8-12-26)31(43)22-50-35-34(42(36(35)46)28-15-13-27(39)14-16-28)25-9-17-29(18-10-25)49-21-33(45)40-20-32(44)41-30(37(47)48)19-6-23-4-2-1-3-5-23/h1-5,7-18,30-31,34-35,43H,6,19-22H2,(H,40,45)(H,41,44)(H,47,48)/t30-,31?,34-,35-/m1/s1. The van der Waals surface area contributed by atoms with Gasteiger partial charge in [-0.25, -0.2) is 13.6 Å². The van der Waals surface area contributed by atoms with Gasteiger partial charge in [-0.15, -0.1) is 11.8 Å². The molecule has 0 saturated carbocycles. The van der Waals surface area contributed by atoms with Crippen LogP contribution in [-0.2, 0) is 25.6 Å². The normalized spacial score (nSPS) is 16.5. The number of hydrogen-bond donors (Lipinski definition) is 4. The van der Waals surface area contributed by atoms with E-state index in [0.29, 0.717) is 23.4 Å². The number of aliphatic carboxylic acids is 1. The Morgan fingerprint density at radius 1 is 0.860 bits per heavy atom. The third-order valence-corrected chi connectivity index (χ3v) is 9.40. The number of hydrogen-bond acceptors (Lipinski definition) is 7. The number of nitrogens with zero attached hydrogens (tertiary/aromatic N) is 1. The number of ether oxygens (including phenoxy) is 1. The summed E-state index contributed by atoms with van der Waals surface area (Å²) in [6.45, 7) is -0.841. The maximum absolute atomic E-state index is 13.6. The zero-order valence-electron chi connectivity index (χ0n) is 26.7. The number of anilines is 1. The summed E-state index contributed by atoms with van der Waals surface area (Å²) < 4.78 is 32.6. The average Bonchev–Trinajstić information content (AvgIpc) is 3.12. The number of benzene rings is 4. The molecule has 5 rings (SSSR count). The van der Waals surface area contributed by atoms with E-state index in [1.807, 2.05) is 30.3 Å². The van der Waals surface area contributed by atoms with Crippen molar-refractivity contribution in [3.63, 3.8) is 0 Å². The molecule has 4 N–H and O–H groups in total. The molecular weight excluding hydrogens is 668 g/mol. The van der Waals surface area contributed by atoms with E-state index in [1.54, 1.807) is 29.2 Å². The molecule has 1 unspecified atom stereocenters. The molecule has 4 aromatic carbocycles. The van der Waals surface area contributed by atoms with Gasteiger partial charge in [0.25, 0.3) is 5.91 Å². The molecule has 0 bridgehead atoms. The summed E-state index contributed by atoms with van der Waals surface area (Å²) in [6, 6.07) is 25.5. The van der Waals surface area contributed by atoms with Crippen molar-refractivity contribution in [1.29, 1.82) is 0 Å². The first kappa shape index (κ1) is 36.0. The van der Waals surface area contributed by atoms with Gasteiger partial charge in [-0.3, -0.25) is 14.4 Å². The molecule has 10 nitrogen and oxygen atoms in total. The molecule has 0 spiro atoms. The molecule has 1 aliphatic rings. The predicted molar refractivity (Wildman–Crippen MR) is 184 cm³/mol. The lowest BCUT2D eigenvalue weighted by molar-refractivity contribution is -0.141. The highest BCUT2D eigenvalue weighted by atomic mass is 32.2. The number of aryl methyl sites for hydroxylation is 1. The second kappa shape index (κ2) is 16.9. The molecule has 0 aliphatic carbocycles. The van der Waals surface area contributed by atoms with E-state index in [4.69, 9.17) is 4.74 Å². The summed E-state index contributed by atoms with van der Waals surface area (Å²) in [5.41, 5.74) is 2.70. The van der Waals surface area contributed by atoms with Crippen LogP contribution in [0.15, 0.2) is 103 Å². The van der Waals surface area contributed by atoms with Gasteiger partial charge in [0.15, 0.2) is 6.61 Å². The molecule has 4 atom stereocenters. The molecule has 260 valence electrons. The Morgan fingerprint density at radius 2 is 1.50 bits per heavy atom. The minimum atomic E-state index is -1.17. The zero-order valence-corrected chi connectivity index (χ0v) is 27.5. The number of carboxylic acids is 1. The number of nitrogens with one attached hydrogen (secondary N) is 2. The molecule has 3 amide bonds.